The molecule has 0 rings (SSSR count). The zero-order chi connectivity index (χ0) is 14.2. The quantitative estimate of drug-likeness (QED) is 0.704. The lowest BCUT2D eigenvalue weighted by molar-refractivity contribution is 0.0312. The Morgan fingerprint density at radius 1 is 1.44 bits per heavy atom. The molecule has 0 bridgehead atoms. The van der Waals surface area contributed by atoms with Crippen molar-refractivity contribution in [1.82, 2.24) is 4.90 Å². The molecule has 1 amide bonds. The molecule has 0 aliphatic rings. The fourth-order valence-corrected chi connectivity index (χ4v) is 1.40. The number of nitrogens with zero attached hydrogens (tertiary/aromatic N) is 2. The number of likely N-dealkylation sites (N-methyl/N-ethyl adjacent to an activating group) is 1. The van der Waals surface area contributed by atoms with Crippen molar-refractivity contribution in [1.29, 1.82) is 5.26 Å². The van der Waals surface area contributed by atoms with Gasteiger partial charge in [-0.15, -0.1) is 0 Å². The summed E-state index contributed by atoms with van der Waals surface area (Å²) in [5.74, 6) is 0. The van der Waals surface area contributed by atoms with Gasteiger partial charge in [0.15, 0.2) is 0 Å². The lowest BCUT2D eigenvalue weighted by atomic mass is 10.1. The second-order valence-electron chi connectivity index (χ2n) is 5.37. The Balaban J connectivity index is 4.42. The van der Waals surface area contributed by atoms with E-state index in [9.17, 15) is 4.79 Å². The molecule has 0 atom stereocenters. The van der Waals surface area contributed by atoms with E-state index in [1.165, 1.54) is 11.0 Å². The molecule has 4 nitrogen and oxygen atoms in total. The molecule has 0 aromatic carbocycles. The van der Waals surface area contributed by atoms with Crippen molar-refractivity contribution in [3.63, 3.8) is 0 Å². The maximum absolute atomic E-state index is 11.8. The molecule has 0 saturated heterocycles. The van der Waals surface area contributed by atoms with Gasteiger partial charge in [-0.05, 0) is 39.2 Å². The molecule has 0 saturated carbocycles. The number of carbonyl (C=O) groups is 1. The Labute approximate surface area is 110 Å². The van der Waals surface area contributed by atoms with Crippen molar-refractivity contribution in [2.75, 3.05) is 13.6 Å². The van der Waals surface area contributed by atoms with Gasteiger partial charge in [-0.2, -0.15) is 5.26 Å². The third-order valence-corrected chi connectivity index (χ3v) is 2.27. The molecule has 0 aromatic heterocycles. The predicted octanol–water partition coefficient (Wildman–Crippen LogP) is 3.49. The van der Waals surface area contributed by atoms with Gasteiger partial charge in [-0.1, -0.05) is 13.3 Å². The average molecular weight is 252 g/mol. The monoisotopic (exact) mass is 252 g/mol. The van der Waals surface area contributed by atoms with E-state index in [4.69, 9.17) is 10.00 Å². The highest BCUT2D eigenvalue weighted by molar-refractivity contribution is 5.68. The van der Waals surface area contributed by atoms with Crippen LogP contribution in [0.3, 0.4) is 0 Å². The molecule has 18 heavy (non-hydrogen) atoms. The zero-order valence-electron chi connectivity index (χ0n) is 12.1. The van der Waals surface area contributed by atoms with Crippen LogP contribution in [-0.4, -0.2) is 30.2 Å². The van der Waals surface area contributed by atoms with Crippen molar-refractivity contribution in [3.05, 3.63) is 11.6 Å². The summed E-state index contributed by atoms with van der Waals surface area (Å²) in [6, 6.07) is 2.03. The summed E-state index contributed by atoms with van der Waals surface area (Å²) in [5, 5.41) is 8.71. The number of carbonyl (C=O) groups excluding carboxylic acids is 1. The van der Waals surface area contributed by atoms with Gasteiger partial charge in [-0.25, -0.2) is 4.79 Å². The minimum Gasteiger partial charge on any atom is -0.444 e. The lowest BCUT2D eigenvalue weighted by Crippen LogP contribution is -2.35. The third-order valence-electron chi connectivity index (χ3n) is 2.27. The minimum absolute atomic E-state index is 0.358. The summed E-state index contributed by atoms with van der Waals surface area (Å²) in [6.07, 6.45) is 4.10. The molecule has 102 valence electrons. The standard InChI is InChI=1S/C14H24N2O2/c1-6-7-8-12(9-10-15)11-16(5)13(17)18-14(2,3)4/h9H,6-8,11H2,1-5H3/b12-9+. The van der Waals surface area contributed by atoms with Crippen LogP contribution in [0, 0.1) is 11.3 Å². The molecule has 0 unspecified atom stereocenters. The van der Waals surface area contributed by atoms with Crippen LogP contribution in [0.2, 0.25) is 0 Å². The first-order valence-corrected chi connectivity index (χ1v) is 6.31. The molecule has 0 N–H and O–H groups in total. The van der Waals surface area contributed by atoms with Crippen LogP contribution >= 0.6 is 0 Å². The summed E-state index contributed by atoms with van der Waals surface area (Å²) in [5.41, 5.74) is 0.473. The molecular formula is C14H24N2O2. The second kappa shape index (κ2) is 7.75. The first-order chi connectivity index (χ1) is 8.30. The molecule has 0 fully saturated rings. The fourth-order valence-electron chi connectivity index (χ4n) is 1.40. The predicted molar refractivity (Wildman–Crippen MR) is 72.1 cm³/mol. The molecule has 4 heteroatoms. The van der Waals surface area contributed by atoms with Gasteiger partial charge in [0.25, 0.3) is 0 Å². The van der Waals surface area contributed by atoms with E-state index in [1.807, 2.05) is 26.8 Å². The lowest BCUT2D eigenvalue weighted by Gasteiger charge is -2.25. The molecule has 0 aromatic rings. The van der Waals surface area contributed by atoms with Gasteiger partial charge in [0, 0.05) is 19.7 Å². The van der Waals surface area contributed by atoms with Crippen molar-refractivity contribution < 1.29 is 9.53 Å². The SMILES string of the molecule is CCCC/C(=C\C#N)CN(C)C(=O)OC(C)(C)C. The van der Waals surface area contributed by atoms with Crippen LogP contribution in [0.25, 0.3) is 0 Å². The Kier molecular flexibility index (Phi) is 7.11. The maximum atomic E-state index is 11.8. The Bertz CT molecular complexity index is 335. The zero-order valence-corrected chi connectivity index (χ0v) is 12.1. The van der Waals surface area contributed by atoms with E-state index >= 15 is 0 Å². The summed E-state index contributed by atoms with van der Waals surface area (Å²) in [7, 11) is 1.69. The molecule has 0 aliphatic heterocycles. The van der Waals surface area contributed by atoms with Crippen molar-refractivity contribution in [3.8, 4) is 6.07 Å². The Morgan fingerprint density at radius 3 is 2.50 bits per heavy atom. The van der Waals surface area contributed by atoms with Crippen molar-refractivity contribution in [2.24, 2.45) is 0 Å². The van der Waals surface area contributed by atoms with E-state index in [0.29, 0.717) is 6.54 Å². The highest BCUT2D eigenvalue weighted by Gasteiger charge is 2.19. The first kappa shape index (κ1) is 16.5. The molecule has 0 radical (unpaired) electrons. The van der Waals surface area contributed by atoms with Crippen LogP contribution in [0.4, 0.5) is 4.79 Å². The number of amides is 1. The topological polar surface area (TPSA) is 53.3 Å². The highest BCUT2D eigenvalue weighted by atomic mass is 16.6. The largest absolute Gasteiger partial charge is 0.444 e. The first-order valence-electron chi connectivity index (χ1n) is 6.31. The van der Waals surface area contributed by atoms with E-state index < -0.39 is 5.60 Å². The van der Waals surface area contributed by atoms with Crippen LogP contribution < -0.4 is 0 Å². The Hall–Kier alpha value is -1.50. The maximum Gasteiger partial charge on any atom is 0.410 e. The number of nitriles is 1. The van der Waals surface area contributed by atoms with Gasteiger partial charge < -0.3 is 9.64 Å². The highest BCUT2D eigenvalue weighted by Crippen LogP contribution is 2.12. The van der Waals surface area contributed by atoms with Gasteiger partial charge in [-0.3, -0.25) is 0 Å². The van der Waals surface area contributed by atoms with Crippen LogP contribution in [0.15, 0.2) is 11.6 Å². The van der Waals surface area contributed by atoms with Crippen LogP contribution in [0.1, 0.15) is 47.0 Å². The molecular weight excluding hydrogens is 228 g/mol. The van der Waals surface area contributed by atoms with Gasteiger partial charge in [0.2, 0.25) is 0 Å². The number of allylic oxidation sites excluding steroid dienone is 1. The van der Waals surface area contributed by atoms with E-state index in [1.54, 1.807) is 7.05 Å². The van der Waals surface area contributed by atoms with Gasteiger partial charge in [0.05, 0.1) is 6.07 Å². The van der Waals surface area contributed by atoms with E-state index in [-0.39, 0.29) is 6.09 Å². The van der Waals surface area contributed by atoms with Crippen LogP contribution in [0.5, 0.6) is 0 Å². The van der Waals surface area contributed by atoms with Gasteiger partial charge in [0.1, 0.15) is 5.60 Å². The number of hydrogen-bond donors (Lipinski definition) is 0. The second-order valence-corrected chi connectivity index (χ2v) is 5.37. The summed E-state index contributed by atoms with van der Waals surface area (Å²) in [6.45, 7) is 8.05. The van der Waals surface area contributed by atoms with E-state index in [0.717, 1.165) is 24.8 Å². The number of unbranched alkanes of at least 4 members (excludes halogenated alkanes) is 1. The average Bonchev–Trinajstić information content (AvgIpc) is 2.23. The number of hydrogen-bond acceptors (Lipinski definition) is 3. The van der Waals surface area contributed by atoms with Crippen LogP contribution in [-0.2, 0) is 4.74 Å². The molecule has 0 spiro atoms. The number of rotatable bonds is 5. The smallest absolute Gasteiger partial charge is 0.410 e. The van der Waals surface area contributed by atoms with Gasteiger partial charge >= 0.3 is 6.09 Å². The van der Waals surface area contributed by atoms with E-state index in [2.05, 4.69) is 6.92 Å². The summed E-state index contributed by atoms with van der Waals surface area (Å²) >= 11 is 0. The minimum atomic E-state index is -0.492. The summed E-state index contributed by atoms with van der Waals surface area (Å²) < 4.78 is 5.26. The normalized spacial score (nSPS) is 11.9. The molecule has 0 aliphatic carbocycles. The van der Waals surface area contributed by atoms with Crippen molar-refractivity contribution >= 4 is 6.09 Å². The summed E-state index contributed by atoms with van der Waals surface area (Å²) in [4.78, 5) is 13.3. The molecule has 0 heterocycles. The Morgan fingerprint density at radius 2 is 2.06 bits per heavy atom. The third kappa shape index (κ3) is 7.72. The van der Waals surface area contributed by atoms with Crippen molar-refractivity contribution in [2.45, 2.75) is 52.6 Å². The fraction of sp³-hybridized carbons (Fsp3) is 0.714. The number of ether oxygens (including phenoxy) is 1.